The Morgan fingerprint density at radius 2 is 1.24 bits per heavy atom. The molecule has 2 heterocycles. The molecule has 0 amide bonds. The number of ketones is 2. The summed E-state index contributed by atoms with van der Waals surface area (Å²) in [6, 6.07) is 4.79. The van der Waals surface area contributed by atoms with Crippen molar-refractivity contribution in [2.24, 2.45) is 17.3 Å². The lowest BCUT2D eigenvalue weighted by molar-refractivity contribution is -0.152. The van der Waals surface area contributed by atoms with Gasteiger partial charge in [0.2, 0.25) is 0 Å². The molecular formula is C40H68N2O3. The van der Waals surface area contributed by atoms with Gasteiger partial charge in [-0.15, -0.1) is 0 Å². The Morgan fingerprint density at radius 1 is 0.822 bits per heavy atom. The molecule has 1 aromatic carbocycles. The van der Waals surface area contributed by atoms with E-state index >= 15 is 9.59 Å². The number of phenolic OH excluding ortho intramolecular Hbond substituents is 1. The lowest BCUT2D eigenvalue weighted by atomic mass is 9.59. The number of Topliss-reactive ketones (excluding diaryl/α,β-unsaturated/α-hetero) is 2. The Hall–Kier alpha value is -1.72. The number of hydrogen-bond acceptors (Lipinski definition) is 5. The molecule has 5 heteroatoms. The topological polar surface area (TPSA) is 60.9 Å². The van der Waals surface area contributed by atoms with Crippen molar-refractivity contribution < 1.29 is 14.7 Å². The molecule has 0 bridgehead atoms. The number of likely N-dealkylation sites (tertiary alicyclic amines) is 2. The highest BCUT2D eigenvalue weighted by molar-refractivity contribution is 6.09. The maximum Gasteiger partial charge on any atom is 0.149 e. The third-order valence-electron chi connectivity index (χ3n) is 11.9. The summed E-state index contributed by atoms with van der Waals surface area (Å²) in [5, 5.41) is 11.5. The Labute approximate surface area is 276 Å². The number of phenols is 1. The van der Waals surface area contributed by atoms with Gasteiger partial charge in [-0.05, 0) is 122 Å². The van der Waals surface area contributed by atoms with Crippen molar-refractivity contribution >= 4 is 11.6 Å². The van der Waals surface area contributed by atoms with E-state index in [0.717, 1.165) is 55.2 Å². The number of rotatable bonds is 9. The van der Waals surface area contributed by atoms with Crippen LogP contribution in [0.4, 0.5) is 0 Å². The van der Waals surface area contributed by atoms with Crippen LogP contribution in [0.15, 0.2) is 12.1 Å². The van der Waals surface area contributed by atoms with Gasteiger partial charge in [0.05, 0.1) is 5.41 Å². The zero-order valence-electron chi connectivity index (χ0n) is 31.8. The normalized spacial score (nSPS) is 26.4. The lowest BCUT2D eigenvalue weighted by Gasteiger charge is -2.54. The number of hydrogen-bond donors (Lipinski definition) is 1. The number of carbonyl (C=O) groups is 2. The standard InChI is InChI=1S/C40H68N2O3/c1-16-17-18-40(34(44)29-19-26(2)41(14)27(3)20-29,35(45)30-24-38(10,11)42(15)39(12,13)25-30)23-28-21-31(36(4,5)6)33(43)32(22-28)37(7,8)9/h21-22,26-27,29-30,43H,16-20,23-25H2,1-15H3. The highest BCUT2D eigenvalue weighted by atomic mass is 16.3. The third kappa shape index (κ3) is 7.72. The first kappa shape index (κ1) is 37.7. The van der Waals surface area contributed by atoms with Gasteiger partial charge in [0.1, 0.15) is 17.3 Å². The van der Waals surface area contributed by atoms with Gasteiger partial charge in [0.25, 0.3) is 0 Å². The molecule has 2 fully saturated rings. The molecule has 2 saturated heterocycles. The first-order chi connectivity index (χ1) is 20.4. The van der Waals surface area contributed by atoms with E-state index in [4.69, 9.17) is 0 Å². The first-order valence-electron chi connectivity index (χ1n) is 17.8. The summed E-state index contributed by atoms with van der Waals surface area (Å²) in [5.74, 6) is 0.351. The molecule has 5 nitrogen and oxygen atoms in total. The average molecular weight is 625 g/mol. The quantitative estimate of drug-likeness (QED) is 0.278. The monoisotopic (exact) mass is 625 g/mol. The molecular weight excluding hydrogens is 556 g/mol. The fourth-order valence-electron chi connectivity index (χ4n) is 8.64. The molecule has 3 atom stereocenters. The van der Waals surface area contributed by atoms with E-state index in [1.807, 2.05) is 0 Å². The molecule has 0 radical (unpaired) electrons. The smallest absolute Gasteiger partial charge is 0.149 e. The van der Waals surface area contributed by atoms with Crippen molar-refractivity contribution in [3.8, 4) is 5.75 Å². The second-order valence-corrected chi connectivity index (χ2v) is 18.5. The fourth-order valence-corrected chi connectivity index (χ4v) is 8.64. The van der Waals surface area contributed by atoms with E-state index in [2.05, 4.69) is 126 Å². The van der Waals surface area contributed by atoms with E-state index < -0.39 is 5.41 Å². The molecule has 45 heavy (non-hydrogen) atoms. The zero-order chi connectivity index (χ0) is 34.5. The van der Waals surface area contributed by atoms with Crippen LogP contribution in [0.5, 0.6) is 5.75 Å². The molecule has 3 rings (SSSR count). The lowest BCUT2D eigenvalue weighted by Crippen LogP contribution is -2.61. The fraction of sp³-hybridized carbons (Fsp3) is 0.800. The number of nitrogens with zero attached hydrogens (tertiary/aromatic N) is 2. The van der Waals surface area contributed by atoms with E-state index in [0.29, 0.717) is 18.6 Å². The second-order valence-electron chi connectivity index (χ2n) is 18.5. The van der Waals surface area contributed by atoms with Crippen molar-refractivity contribution in [2.75, 3.05) is 14.1 Å². The Kier molecular flexibility index (Phi) is 10.9. The summed E-state index contributed by atoms with van der Waals surface area (Å²) in [6.45, 7) is 28.4. The third-order valence-corrected chi connectivity index (χ3v) is 11.9. The number of aromatic hydroxyl groups is 1. The van der Waals surface area contributed by atoms with Gasteiger partial charge in [-0.25, -0.2) is 0 Å². The van der Waals surface area contributed by atoms with Crippen molar-refractivity contribution in [2.45, 2.75) is 175 Å². The number of unbranched alkanes of at least 4 members (excludes halogenated alkanes) is 1. The Bertz CT molecular complexity index is 1170. The van der Waals surface area contributed by atoms with Crippen LogP contribution in [0.2, 0.25) is 0 Å². The number of piperidine rings is 2. The van der Waals surface area contributed by atoms with Gasteiger partial charge < -0.3 is 10.0 Å². The number of carbonyl (C=O) groups excluding carboxylic acids is 2. The minimum atomic E-state index is -1.09. The summed E-state index contributed by atoms with van der Waals surface area (Å²) >= 11 is 0. The first-order valence-corrected chi connectivity index (χ1v) is 17.8. The van der Waals surface area contributed by atoms with Crippen LogP contribution >= 0.6 is 0 Å². The van der Waals surface area contributed by atoms with E-state index in [1.54, 1.807) is 0 Å². The van der Waals surface area contributed by atoms with Gasteiger partial charge in [-0.3, -0.25) is 14.5 Å². The largest absolute Gasteiger partial charge is 0.507 e. The summed E-state index contributed by atoms with van der Waals surface area (Å²) in [5.41, 5.74) is 0.785. The van der Waals surface area contributed by atoms with Gasteiger partial charge in [0.15, 0.2) is 0 Å². The van der Waals surface area contributed by atoms with Gasteiger partial charge in [0, 0.05) is 35.0 Å². The second kappa shape index (κ2) is 13.1. The molecule has 0 saturated carbocycles. The number of benzene rings is 1. The highest BCUT2D eigenvalue weighted by Crippen LogP contribution is 2.48. The van der Waals surface area contributed by atoms with E-state index in [-0.39, 0.29) is 57.4 Å². The maximum absolute atomic E-state index is 15.5. The molecule has 1 N–H and O–H groups in total. The highest BCUT2D eigenvalue weighted by Gasteiger charge is 2.54. The molecule has 2 aliphatic rings. The predicted octanol–water partition coefficient (Wildman–Crippen LogP) is 8.86. The molecule has 2 aliphatic heterocycles. The van der Waals surface area contributed by atoms with Crippen LogP contribution in [0.3, 0.4) is 0 Å². The van der Waals surface area contributed by atoms with Crippen molar-refractivity contribution in [1.29, 1.82) is 0 Å². The summed E-state index contributed by atoms with van der Waals surface area (Å²) in [4.78, 5) is 35.6. The van der Waals surface area contributed by atoms with Crippen molar-refractivity contribution in [3.05, 3.63) is 28.8 Å². The van der Waals surface area contributed by atoms with E-state index in [9.17, 15) is 5.11 Å². The van der Waals surface area contributed by atoms with Crippen LogP contribution in [-0.2, 0) is 26.8 Å². The van der Waals surface area contributed by atoms with Gasteiger partial charge >= 0.3 is 0 Å². The van der Waals surface area contributed by atoms with Crippen LogP contribution in [0, 0.1) is 17.3 Å². The maximum atomic E-state index is 15.5. The van der Waals surface area contributed by atoms with Gasteiger partial charge in [-0.2, -0.15) is 0 Å². The predicted molar refractivity (Wildman–Crippen MR) is 189 cm³/mol. The molecule has 1 aromatic rings. The average Bonchev–Trinajstić information content (AvgIpc) is 2.90. The van der Waals surface area contributed by atoms with Crippen molar-refractivity contribution in [3.63, 3.8) is 0 Å². The van der Waals surface area contributed by atoms with Crippen molar-refractivity contribution in [1.82, 2.24) is 9.80 Å². The summed E-state index contributed by atoms with van der Waals surface area (Å²) in [7, 11) is 4.34. The van der Waals surface area contributed by atoms with Crippen LogP contribution in [0.1, 0.15) is 152 Å². The minimum absolute atomic E-state index is 0.138. The van der Waals surface area contributed by atoms with Gasteiger partial charge in [-0.1, -0.05) is 73.4 Å². The summed E-state index contributed by atoms with van der Waals surface area (Å²) < 4.78 is 0. The SMILES string of the molecule is CCCCC(Cc1cc(C(C)(C)C)c(O)c(C(C)(C)C)c1)(C(=O)C1CC(C)N(C)C(C)C1)C(=O)C1CC(C)(C)N(C)C(C)(C)C1. The van der Waals surface area contributed by atoms with E-state index in [1.165, 1.54) is 0 Å². The molecule has 3 unspecified atom stereocenters. The molecule has 0 spiro atoms. The molecule has 0 aliphatic carbocycles. The van der Waals surface area contributed by atoms with Crippen LogP contribution in [-0.4, -0.2) is 63.7 Å². The Morgan fingerprint density at radius 3 is 1.64 bits per heavy atom. The Balaban J connectivity index is 2.29. The summed E-state index contributed by atoms with van der Waals surface area (Å²) in [6.07, 6.45) is 5.85. The van der Waals surface area contributed by atoms with Crippen LogP contribution < -0.4 is 0 Å². The zero-order valence-corrected chi connectivity index (χ0v) is 31.8. The minimum Gasteiger partial charge on any atom is -0.507 e. The van der Waals surface area contributed by atoms with Crippen LogP contribution in [0.25, 0.3) is 0 Å². The molecule has 0 aromatic heterocycles. The molecule has 256 valence electrons.